The van der Waals surface area contributed by atoms with E-state index in [2.05, 4.69) is 10.5 Å². The normalized spacial score (nSPS) is 15.9. The lowest BCUT2D eigenvalue weighted by Crippen LogP contribution is -2.45. The molecule has 0 aliphatic heterocycles. The van der Waals surface area contributed by atoms with E-state index in [0.29, 0.717) is 29.7 Å². The van der Waals surface area contributed by atoms with E-state index in [1.54, 1.807) is 27.7 Å². The van der Waals surface area contributed by atoms with Crippen LogP contribution in [0.15, 0.2) is 14.7 Å². The molecule has 0 bridgehead atoms. The summed E-state index contributed by atoms with van der Waals surface area (Å²) in [6.45, 7) is 7.99. The molecule has 2 heterocycles. The second-order valence-electron chi connectivity index (χ2n) is 9.16. The number of halogens is 3. The second kappa shape index (κ2) is 8.62. The summed E-state index contributed by atoms with van der Waals surface area (Å²) < 4.78 is 46.1. The fourth-order valence-corrected chi connectivity index (χ4v) is 4.86. The Bertz CT molecular complexity index is 1210. The maximum absolute atomic E-state index is 13.3. The van der Waals surface area contributed by atoms with Gasteiger partial charge in [0.05, 0.1) is 28.4 Å². The van der Waals surface area contributed by atoms with E-state index in [0.717, 1.165) is 20.5 Å². The van der Waals surface area contributed by atoms with Crippen molar-refractivity contribution in [3.63, 3.8) is 0 Å². The molecule has 182 valence electrons. The summed E-state index contributed by atoms with van der Waals surface area (Å²) in [5.41, 5.74) is 0.0924. The van der Waals surface area contributed by atoms with Crippen molar-refractivity contribution in [3.05, 3.63) is 31.3 Å². The topological polar surface area (TPSA) is 94.7 Å². The van der Waals surface area contributed by atoms with Crippen LogP contribution in [0.25, 0.3) is 10.2 Å². The van der Waals surface area contributed by atoms with Gasteiger partial charge in [-0.15, -0.1) is 11.3 Å². The number of rotatable bonds is 6. The molecule has 0 aromatic carbocycles. The third kappa shape index (κ3) is 5.31. The molecule has 3 rings (SSSR count). The van der Waals surface area contributed by atoms with Gasteiger partial charge in [0.25, 0.3) is 5.56 Å². The number of aryl methyl sites for hydroxylation is 2. The van der Waals surface area contributed by atoms with Gasteiger partial charge in [0.15, 0.2) is 0 Å². The second-order valence-corrected chi connectivity index (χ2v) is 10.2. The molecule has 1 aliphatic carbocycles. The van der Waals surface area contributed by atoms with Gasteiger partial charge in [-0.3, -0.25) is 13.9 Å². The molecule has 2 aromatic heterocycles. The molecule has 1 fully saturated rings. The summed E-state index contributed by atoms with van der Waals surface area (Å²) in [6.07, 6.45) is -3.35. The molecule has 1 N–H and O–H groups in total. The number of ether oxygens (including phenoxy) is 1. The zero-order valence-corrected chi connectivity index (χ0v) is 19.9. The number of fused-ring (bicyclic) bond motifs is 1. The highest BCUT2D eigenvalue weighted by Gasteiger charge is 2.46. The molecule has 0 atom stereocenters. The standard InChI is InChI=1S/C21H27F3N4O4S/c1-6-20(7-8-20)28-15(29)14-12(2)13(11-25-26-17(30)32-19(3,4)5)33-16(14)27(18(28)31)10-9-21(22,23)24/h11H,6-10H2,1-5H3,(H,26,30). The molecule has 8 nitrogen and oxygen atoms in total. The number of carbonyl (C=O) groups excluding carboxylic acids is 1. The molecule has 1 saturated carbocycles. The Morgan fingerprint density at radius 3 is 2.42 bits per heavy atom. The summed E-state index contributed by atoms with van der Waals surface area (Å²) in [4.78, 5) is 38.9. The molecular formula is C21H27F3N4O4S. The van der Waals surface area contributed by atoms with Crippen LogP contribution in [0.2, 0.25) is 0 Å². The summed E-state index contributed by atoms with van der Waals surface area (Å²) in [5.74, 6) is 0. The van der Waals surface area contributed by atoms with Crippen molar-refractivity contribution in [2.75, 3.05) is 0 Å². The van der Waals surface area contributed by atoms with Crippen molar-refractivity contribution in [1.82, 2.24) is 14.6 Å². The van der Waals surface area contributed by atoms with E-state index in [9.17, 15) is 27.6 Å². The fraction of sp³-hybridized carbons (Fsp3) is 0.619. The number of nitrogens with zero attached hydrogens (tertiary/aromatic N) is 3. The van der Waals surface area contributed by atoms with Gasteiger partial charge in [-0.1, -0.05) is 6.92 Å². The number of alkyl halides is 3. The van der Waals surface area contributed by atoms with Gasteiger partial charge in [-0.25, -0.2) is 15.0 Å². The first-order valence-corrected chi connectivity index (χ1v) is 11.4. The summed E-state index contributed by atoms with van der Waals surface area (Å²) in [7, 11) is 0. The van der Waals surface area contributed by atoms with Gasteiger partial charge in [0, 0.05) is 6.54 Å². The Hall–Kier alpha value is -2.63. The van der Waals surface area contributed by atoms with Crippen molar-refractivity contribution in [3.8, 4) is 0 Å². The van der Waals surface area contributed by atoms with Gasteiger partial charge < -0.3 is 4.74 Å². The molecule has 0 saturated heterocycles. The highest BCUT2D eigenvalue weighted by atomic mass is 32.1. The Labute approximate surface area is 192 Å². The largest absolute Gasteiger partial charge is 0.443 e. The van der Waals surface area contributed by atoms with Crippen LogP contribution in [-0.4, -0.2) is 33.2 Å². The van der Waals surface area contributed by atoms with Crippen molar-refractivity contribution in [1.29, 1.82) is 0 Å². The SMILES string of the molecule is CCC1(n2c(=O)c3c(C)c(C=NNC(=O)OC(C)(C)C)sc3n(CCC(F)(F)F)c2=O)CC1. The Morgan fingerprint density at radius 2 is 1.91 bits per heavy atom. The number of hydrogen-bond acceptors (Lipinski definition) is 6. The number of aromatic nitrogens is 2. The molecule has 0 unspecified atom stereocenters. The van der Waals surface area contributed by atoms with Crippen LogP contribution >= 0.6 is 11.3 Å². The number of carbonyl (C=O) groups is 1. The smallest absolute Gasteiger partial charge is 0.428 e. The summed E-state index contributed by atoms with van der Waals surface area (Å²) >= 11 is 0.982. The lowest BCUT2D eigenvalue weighted by atomic mass is 10.1. The van der Waals surface area contributed by atoms with Gasteiger partial charge in [-0.05, 0) is 52.5 Å². The summed E-state index contributed by atoms with van der Waals surface area (Å²) in [6, 6.07) is 0. The van der Waals surface area contributed by atoms with Gasteiger partial charge in [-0.2, -0.15) is 18.3 Å². The highest BCUT2D eigenvalue weighted by molar-refractivity contribution is 7.20. The van der Waals surface area contributed by atoms with E-state index in [1.807, 2.05) is 6.92 Å². The van der Waals surface area contributed by atoms with E-state index in [1.165, 1.54) is 6.21 Å². The maximum atomic E-state index is 13.3. The van der Waals surface area contributed by atoms with E-state index < -0.39 is 47.6 Å². The van der Waals surface area contributed by atoms with Crippen LogP contribution in [0, 0.1) is 6.92 Å². The maximum Gasteiger partial charge on any atom is 0.428 e. The quantitative estimate of drug-likeness (QED) is 0.486. The first-order chi connectivity index (χ1) is 15.2. The molecule has 1 aliphatic rings. The van der Waals surface area contributed by atoms with Gasteiger partial charge in [0.2, 0.25) is 0 Å². The Morgan fingerprint density at radius 1 is 1.27 bits per heavy atom. The van der Waals surface area contributed by atoms with Crippen molar-refractivity contribution < 1.29 is 22.7 Å². The third-order valence-corrected chi connectivity index (χ3v) is 6.81. The predicted octanol–water partition coefficient (Wildman–Crippen LogP) is 4.24. The number of amides is 1. The number of hydrazone groups is 1. The zero-order chi connectivity index (χ0) is 24.8. The van der Waals surface area contributed by atoms with Crippen molar-refractivity contribution in [2.45, 2.75) is 84.2 Å². The molecule has 0 spiro atoms. The van der Waals surface area contributed by atoms with Crippen LogP contribution < -0.4 is 16.7 Å². The van der Waals surface area contributed by atoms with Crippen molar-refractivity contribution >= 4 is 33.9 Å². The van der Waals surface area contributed by atoms with Crippen molar-refractivity contribution in [2.24, 2.45) is 5.10 Å². The molecule has 0 radical (unpaired) electrons. The number of thiophene rings is 1. The Balaban J connectivity index is 2.09. The molecule has 12 heteroatoms. The summed E-state index contributed by atoms with van der Waals surface area (Å²) in [5, 5.41) is 4.03. The zero-order valence-electron chi connectivity index (χ0n) is 19.1. The monoisotopic (exact) mass is 488 g/mol. The van der Waals surface area contributed by atoms with E-state index in [4.69, 9.17) is 4.74 Å². The molecule has 33 heavy (non-hydrogen) atoms. The molecule has 1 amide bonds. The first-order valence-electron chi connectivity index (χ1n) is 10.6. The van der Waals surface area contributed by atoms with Gasteiger partial charge >= 0.3 is 18.0 Å². The third-order valence-electron chi connectivity index (χ3n) is 5.56. The highest BCUT2D eigenvalue weighted by Crippen LogP contribution is 2.45. The fourth-order valence-electron chi connectivity index (χ4n) is 3.66. The first kappa shape index (κ1) is 25.0. The molecule has 2 aromatic rings. The van der Waals surface area contributed by atoms with Crippen LogP contribution in [0.5, 0.6) is 0 Å². The predicted molar refractivity (Wildman–Crippen MR) is 120 cm³/mol. The average molecular weight is 489 g/mol. The lowest BCUT2D eigenvalue weighted by molar-refractivity contribution is -0.136. The van der Waals surface area contributed by atoms with Gasteiger partial charge in [0.1, 0.15) is 10.4 Å². The van der Waals surface area contributed by atoms with E-state index in [-0.39, 0.29) is 10.2 Å². The van der Waals surface area contributed by atoms with Crippen LogP contribution in [0.3, 0.4) is 0 Å². The van der Waals surface area contributed by atoms with Crippen LogP contribution in [-0.2, 0) is 16.8 Å². The number of nitrogens with one attached hydrogen (secondary N) is 1. The average Bonchev–Trinajstić information content (AvgIpc) is 3.38. The lowest BCUT2D eigenvalue weighted by Gasteiger charge is -2.19. The minimum atomic E-state index is -4.46. The Kier molecular flexibility index (Phi) is 6.53. The number of hydrogen-bond donors (Lipinski definition) is 1. The van der Waals surface area contributed by atoms with Crippen LogP contribution in [0.4, 0.5) is 18.0 Å². The minimum Gasteiger partial charge on any atom is -0.443 e. The van der Waals surface area contributed by atoms with Crippen LogP contribution in [0.1, 0.15) is 63.8 Å². The minimum absolute atomic E-state index is 0.161. The molecular weight excluding hydrogens is 461 g/mol. The van der Waals surface area contributed by atoms with E-state index >= 15 is 0 Å².